The van der Waals surface area contributed by atoms with E-state index in [0.717, 1.165) is 36.8 Å². The van der Waals surface area contributed by atoms with E-state index >= 15 is 0 Å². The number of ether oxygens (including phenoxy) is 1. The number of carbonyl (C=O) groups excluding carboxylic acids is 2. The van der Waals surface area contributed by atoms with Crippen molar-refractivity contribution in [2.75, 3.05) is 6.61 Å². The number of benzene rings is 2. The summed E-state index contributed by atoms with van der Waals surface area (Å²) in [4.78, 5) is 27.6. The van der Waals surface area contributed by atoms with Crippen molar-refractivity contribution in [3.05, 3.63) is 64.7 Å². The lowest BCUT2D eigenvalue weighted by Crippen LogP contribution is -2.51. The van der Waals surface area contributed by atoms with Crippen LogP contribution in [0.5, 0.6) is 5.75 Å². The summed E-state index contributed by atoms with van der Waals surface area (Å²) in [6.07, 6.45) is 5.50. The molecule has 166 valence electrons. The average molecular weight is 443 g/mol. The lowest BCUT2D eigenvalue weighted by Gasteiger charge is -2.31. The first-order valence-corrected chi connectivity index (χ1v) is 11.3. The molecular weight excluding hydrogens is 412 g/mol. The van der Waals surface area contributed by atoms with Gasteiger partial charge in [0.2, 0.25) is 5.91 Å². The Hall–Kier alpha value is -2.53. The van der Waals surface area contributed by atoms with Crippen LogP contribution in [-0.4, -0.2) is 35.4 Å². The van der Waals surface area contributed by atoms with Crippen LogP contribution >= 0.6 is 11.6 Å². The molecule has 1 unspecified atom stereocenters. The number of carbonyl (C=O) groups is 2. The molecule has 0 saturated heterocycles. The van der Waals surface area contributed by atoms with Gasteiger partial charge in [0.1, 0.15) is 11.8 Å². The monoisotopic (exact) mass is 442 g/mol. The lowest BCUT2D eigenvalue weighted by atomic mass is 9.95. The SMILES string of the molecule is Cc1ccc(CN(C(=O)COc2cccc(Cl)c2)C(C)C(=O)NC2CCCCC2)cc1. The van der Waals surface area contributed by atoms with Gasteiger partial charge >= 0.3 is 0 Å². The highest BCUT2D eigenvalue weighted by Crippen LogP contribution is 2.19. The zero-order chi connectivity index (χ0) is 22.2. The highest BCUT2D eigenvalue weighted by atomic mass is 35.5. The van der Waals surface area contributed by atoms with Gasteiger partial charge in [0.15, 0.2) is 6.61 Å². The van der Waals surface area contributed by atoms with E-state index < -0.39 is 6.04 Å². The lowest BCUT2D eigenvalue weighted by molar-refractivity contribution is -0.142. The van der Waals surface area contributed by atoms with Crippen molar-refractivity contribution in [2.24, 2.45) is 0 Å². The summed E-state index contributed by atoms with van der Waals surface area (Å²) in [6.45, 7) is 3.99. The molecular formula is C25H31ClN2O3. The van der Waals surface area contributed by atoms with Crippen molar-refractivity contribution in [1.29, 1.82) is 0 Å². The van der Waals surface area contributed by atoms with Gasteiger partial charge in [-0.3, -0.25) is 9.59 Å². The van der Waals surface area contributed by atoms with Gasteiger partial charge in [0.05, 0.1) is 0 Å². The van der Waals surface area contributed by atoms with Gasteiger partial charge < -0.3 is 15.0 Å². The van der Waals surface area contributed by atoms with E-state index in [2.05, 4.69) is 5.32 Å². The molecule has 1 atom stereocenters. The molecule has 2 aromatic rings. The van der Waals surface area contributed by atoms with E-state index in [-0.39, 0.29) is 24.5 Å². The quantitative estimate of drug-likeness (QED) is 0.633. The van der Waals surface area contributed by atoms with E-state index in [1.165, 1.54) is 6.42 Å². The minimum Gasteiger partial charge on any atom is -0.484 e. The fourth-order valence-corrected chi connectivity index (χ4v) is 4.01. The van der Waals surface area contributed by atoms with Gasteiger partial charge in [-0.15, -0.1) is 0 Å². The second kappa shape index (κ2) is 11.2. The average Bonchev–Trinajstić information content (AvgIpc) is 2.77. The predicted molar refractivity (Wildman–Crippen MR) is 123 cm³/mol. The Morgan fingerprint density at radius 1 is 1.13 bits per heavy atom. The molecule has 0 spiro atoms. The molecule has 0 aromatic heterocycles. The van der Waals surface area contributed by atoms with Crippen LogP contribution in [0.2, 0.25) is 5.02 Å². The number of amides is 2. The van der Waals surface area contributed by atoms with Crippen LogP contribution < -0.4 is 10.1 Å². The molecule has 1 fully saturated rings. The summed E-state index contributed by atoms with van der Waals surface area (Å²) in [6, 6.07) is 14.5. The summed E-state index contributed by atoms with van der Waals surface area (Å²) in [7, 11) is 0. The van der Waals surface area contributed by atoms with Crippen LogP contribution in [-0.2, 0) is 16.1 Å². The highest BCUT2D eigenvalue weighted by molar-refractivity contribution is 6.30. The van der Waals surface area contributed by atoms with Crippen LogP contribution in [0.15, 0.2) is 48.5 Å². The summed E-state index contributed by atoms with van der Waals surface area (Å²) >= 11 is 6.00. The number of hydrogen-bond acceptors (Lipinski definition) is 3. The zero-order valence-electron chi connectivity index (χ0n) is 18.3. The van der Waals surface area contributed by atoms with E-state index in [1.54, 1.807) is 36.1 Å². The Labute approximate surface area is 189 Å². The minimum absolute atomic E-state index is 0.116. The molecule has 1 aliphatic carbocycles. The topological polar surface area (TPSA) is 58.6 Å². The van der Waals surface area contributed by atoms with Gasteiger partial charge in [-0.2, -0.15) is 0 Å². The first-order chi connectivity index (χ1) is 14.9. The summed E-state index contributed by atoms with van der Waals surface area (Å²) in [5.41, 5.74) is 2.12. The third kappa shape index (κ3) is 7.00. The first-order valence-electron chi connectivity index (χ1n) is 11.0. The van der Waals surface area contributed by atoms with Crippen LogP contribution in [0.4, 0.5) is 0 Å². The summed E-state index contributed by atoms with van der Waals surface area (Å²) in [5, 5.41) is 3.68. The van der Waals surface area contributed by atoms with Crippen molar-refractivity contribution < 1.29 is 14.3 Å². The fraction of sp³-hybridized carbons (Fsp3) is 0.440. The number of aryl methyl sites for hydroxylation is 1. The zero-order valence-corrected chi connectivity index (χ0v) is 19.0. The van der Waals surface area contributed by atoms with Gasteiger partial charge in [-0.05, 0) is 50.5 Å². The molecule has 0 radical (unpaired) electrons. The molecule has 2 amide bonds. The Morgan fingerprint density at radius 2 is 1.84 bits per heavy atom. The molecule has 3 rings (SSSR count). The Balaban J connectivity index is 1.70. The maximum absolute atomic E-state index is 13.1. The van der Waals surface area contributed by atoms with E-state index in [0.29, 0.717) is 17.3 Å². The summed E-state index contributed by atoms with van der Waals surface area (Å²) < 4.78 is 5.66. The largest absolute Gasteiger partial charge is 0.484 e. The number of nitrogens with one attached hydrogen (secondary N) is 1. The molecule has 0 heterocycles. The molecule has 5 nitrogen and oxygen atoms in total. The Morgan fingerprint density at radius 3 is 2.52 bits per heavy atom. The number of hydrogen-bond donors (Lipinski definition) is 1. The molecule has 2 aromatic carbocycles. The molecule has 31 heavy (non-hydrogen) atoms. The van der Waals surface area contributed by atoms with E-state index in [9.17, 15) is 9.59 Å². The number of rotatable bonds is 8. The molecule has 6 heteroatoms. The first kappa shape index (κ1) is 23.1. The third-order valence-electron chi connectivity index (χ3n) is 5.75. The van der Waals surface area contributed by atoms with Gasteiger partial charge in [0, 0.05) is 17.6 Å². The Bertz CT molecular complexity index is 879. The standard InChI is InChI=1S/C25H31ClN2O3/c1-18-11-13-20(14-12-18)16-28(19(2)25(30)27-22-8-4-3-5-9-22)24(29)17-31-23-10-6-7-21(26)15-23/h6-7,10-15,19,22H,3-5,8-9,16-17H2,1-2H3,(H,27,30). The third-order valence-corrected chi connectivity index (χ3v) is 5.99. The number of halogens is 1. The smallest absolute Gasteiger partial charge is 0.261 e. The van der Waals surface area contributed by atoms with Crippen LogP contribution in [0, 0.1) is 6.92 Å². The van der Waals surface area contributed by atoms with Gasteiger partial charge in [-0.25, -0.2) is 0 Å². The van der Waals surface area contributed by atoms with Crippen molar-refractivity contribution >= 4 is 23.4 Å². The van der Waals surface area contributed by atoms with Crippen molar-refractivity contribution in [3.8, 4) is 5.75 Å². The van der Waals surface area contributed by atoms with E-state index in [1.807, 2.05) is 31.2 Å². The molecule has 0 bridgehead atoms. The highest BCUT2D eigenvalue weighted by Gasteiger charge is 2.28. The normalized spacial score (nSPS) is 15.2. The maximum atomic E-state index is 13.1. The van der Waals surface area contributed by atoms with Crippen molar-refractivity contribution in [3.63, 3.8) is 0 Å². The van der Waals surface area contributed by atoms with Crippen LogP contribution in [0.3, 0.4) is 0 Å². The van der Waals surface area contributed by atoms with Gasteiger partial charge in [0.25, 0.3) is 5.91 Å². The maximum Gasteiger partial charge on any atom is 0.261 e. The summed E-state index contributed by atoms with van der Waals surface area (Å²) in [5.74, 6) is 0.164. The van der Waals surface area contributed by atoms with Crippen molar-refractivity contribution in [1.82, 2.24) is 10.2 Å². The fourth-order valence-electron chi connectivity index (χ4n) is 3.83. The minimum atomic E-state index is -0.598. The van der Waals surface area contributed by atoms with Crippen LogP contribution in [0.25, 0.3) is 0 Å². The second-order valence-electron chi connectivity index (χ2n) is 8.27. The van der Waals surface area contributed by atoms with E-state index in [4.69, 9.17) is 16.3 Å². The van der Waals surface area contributed by atoms with Gasteiger partial charge in [-0.1, -0.05) is 66.8 Å². The second-order valence-corrected chi connectivity index (χ2v) is 8.71. The Kier molecular flexibility index (Phi) is 8.35. The molecule has 1 saturated carbocycles. The predicted octanol–water partition coefficient (Wildman–Crippen LogP) is 4.89. The molecule has 0 aliphatic heterocycles. The van der Waals surface area contributed by atoms with Crippen LogP contribution in [0.1, 0.15) is 50.2 Å². The molecule has 1 aliphatic rings. The number of nitrogens with zero attached hydrogens (tertiary/aromatic N) is 1. The van der Waals surface area contributed by atoms with Crippen molar-refractivity contribution in [2.45, 2.75) is 64.6 Å². The molecule has 1 N–H and O–H groups in total.